The van der Waals surface area contributed by atoms with E-state index in [1.54, 1.807) is 0 Å². The van der Waals surface area contributed by atoms with E-state index in [9.17, 15) is 5.11 Å². The van der Waals surface area contributed by atoms with Crippen molar-refractivity contribution in [1.82, 2.24) is 0 Å². The third-order valence-corrected chi connectivity index (χ3v) is 3.36. The largest absolute Gasteiger partial charge is 0.393 e. The third-order valence-electron chi connectivity index (χ3n) is 3.36. The zero-order valence-corrected chi connectivity index (χ0v) is 11.7. The lowest BCUT2D eigenvalue weighted by Gasteiger charge is -2.27. The maximum atomic E-state index is 9.52. The van der Waals surface area contributed by atoms with Crippen LogP contribution in [0.4, 0.5) is 0 Å². The number of aliphatic hydroxyl groups is 1. The first-order valence-electron chi connectivity index (χ1n) is 6.73. The average molecular weight is 234 g/mol. The van der Waals surface area contributed by atoms with E-state index in [-0.39, 0.29) is 11.5 Å². The zero-order valence-electron chi connectivity index (χ0n) is 11.7. The molecule has 0 amide bonds. The maximum absolute atomic E-state index is 9.52. The molecule has 0 fully saturated rings. The highest BCUT2D eigenvalue weighted by molar-refractivity contribution is 5.28. The minimum absolute atomic E-state index is 0.0530. The van der Waals surface area contributed by atoms with Crippen LogP contribution in [-0.4, -0.2) is 11.2 Å². The van der Waals surface area contributed by atoms with Crippen LogP contribution in [0.25, 0.3) is 0 Å². The Labute approximate surface area is 106 Å². The van der Waals surface area contributed by atoms with Crippen LogP contribution >= 0.6 is 0 Å². The van der Waals surface area contributed by atoms with Crippen LogP contribution in [0.2, 0.25) is 0 Å². The van der Waals surface area contributed by atoms with Crippen molar-refractivity contribution < 1.29 is 5.11 Å². The fraction of sp³-hybridized carbons (Fsp3) is 0.625. The molecule has 0 spiro atoms. The third kappa shape index (κ3) is 4.51. The lowest BCUT2D eigenvalue weighted by Crippen LogP contribution is -2.22. The molecule has 1 N–H and O–H groups in total. The van der Waals surface area contributed by atoms with E-state index in [0.29, 0.717) is 0 Å². The van der Waals surface area contributed by atoms with Crippen molar-refractivity contribution in [2.24, 2.45) is 0 Å². The molecule has 1 unspecified atom stereocenters. The summed E-state index contributed by atoms with van der Waals surface area (Å²) in [5.74, 6) is 0. The summed E-state index contributed by atoms with van der Waals surface area (Å²) < 4.78 is 0. The molecule has 1 aromatic rings. The highest BCUT2D eigenvalue weighted by Crippen LogP contribution is 2.28. The highest BCUT2D eigenvalue weighted by atomic mass is 16.3. The quantitative estimate of drug-likeness (QED) is 0.786. The minimum Gasteiger partial charge on any atom is -0.393 e. The highest BCUT2D eigenvalue weighted by Gasteiger charge is 2.22. The molecule has 1 heteroatoms. The molecule has 0 heterocycles. The van der Waals surface area contributed by atoms with Gasteiger partial charge in [0, 0.05) is 0 Å². The van der Waals surface area contributed by atoms with Crippen LogP contribution in [-0.2, 0) is 11.8 Å². The predicted molar refractivity (Wildman–Crippen MR) is 74.4 cm³/mol. The van der Waals surface area contributed by atoms with Gasteiger partial charge in [0.15, 0.2) is 0 Å². The van der Waals surface area contributed by atoms with Gasteiger partial charge in [-0.25, -0.2) is 0 Å². The number of aryl methyl sites for hydroxylation is 1. The summed E-state index contributed by atoms with van der Waals surface area (Å²) in [7, 11) is 0. The molecule has 0 aromatic heterocycles. The van der Waals surface area contributed by atoms with E-state index in [1.165, 1.54) is 30.4 Å². The number of hydrogen-bond acceptors (Lipinski definition) is 1. The summed E-state index contributed by atoms with van der Waals surface area (Å²) in [6, 6.07) is 8.89. The summed E-state index contributed by atoms with van der Waals surface area (Å²) in [5.41, 5.74) is 2.79. The second-order valence-corrected chi connectivity index (χ2v) is 5.74. The second kappa shape index (κ2) is 6.20. The monoisotopic (exact) mass is 234 g/mol. The van der Waals surface area contributed by atoms with Crippen LogP contribution < -0.4 is 0 Å². The molecule has 1 rings (SSSR count). The van der Waals surface area contributed by atoms with Gasteiger partial charge in [-0.1, -0.05) is 51.5 Å². The fourth-order valence-electron chi connectivity index (χ4n) is 2.36. The standard InChI is InChI=1S/C16H26O/c1-5-6-7-14-8-10-15(11-9-14)16(3,4)12-13(2)17/h8-11,13,17H,5-7,12H2,1-4H3. The van der Waals surface area contributed by atoms with Gasteiger partial charge in [-0.3, -0.25) is 0 Å². The van der Waals surface area contributed by atoms with Crippen molar-refractivity contribution in [3.63, 3.8) is 0 Å². The fourth-order valence-corrected chi connectivity index (χ4v) is 2.36. The summed E-state index contributed by atoms with van der Waals surface area (Å²) >= 11 is 0. The maximum Gasteiger partial charge on any atom is 0.0520 e. The van der Waals surface area contributed by atoms with Crippen LogP contribution in [0.5, 0.6) is 0 Å². The first kappa shape index (κ1) is 14.2. The number of rotatable bonds is 6. The van der Waals surface area contributed by atoms with Crippen LogP contribution in [0.3, 0.4) is 0 Å². The lowest BCUT2D eigenvalue weighted by molar-refractivity contribution is 0.157. The van der Waals surface area contributed by atoms with Crippen molar-refractivity contribution in [2.45, 2.75) is 64.9 Å². The Morgan fingerprint density at radius 1 is 1.18 bits per heavy atom. The van der Waals surface area contributed by atoms with Crippen molar-refractivity contribution in [1.29, 1.82) is 0 Å². The van der Waals surface area contributed by atoms with E-state index in [0.717, 1.165) is 6.42 Å². The zero-order chi connectivity index (χ0) is 12.9. The molecular weight excluding hydrogens is 208 g/mol. The first-order valence-corrected chi connectivity index (χ1v) is 6.73. The predicted octanol–water partition coefficient (Wildman–Crippen LogP) is 4.08. The molecular formula is C16H26O. The molecule has 96 valence electrons. The first-order chi connectivity index (χ1) is 7.95. The smallest absolute Gasteiger partial charge is 0.0520 e. The number of hydrogen-bond donors (Lipinski definition) is 1. The van der Waals surface area contributed by atoms with Crippen molar-refractivity contribution in [2.75, 3.05) is 0 Å². The summed E-state index contributed by atoms with van der Waals surface area (Å²) in [5, 5.41) is 9.52. The van der Waals surface area contributed by atoms with E-state index in [4.69, 9.17) is 0 Å². The summed E-state index contributed by atoms with van der Waals surface area (Å²) in [6.07, 6.45) is 4.24. The van der Waals surface area contributed by atoms with Crippen molar-refractivity contribution >= 4 is 0 Å². The second-order valence-electron chi connectivity index (χ2n) is 5.74. The Hall–Kier alpha value is -0.820. The van der Waals surface area contributed by atoms with E-state index < -0.39 is 0 Å². The number of benzene rings is 1. The Bertz CT molecular complexity index is 322. The molecule has 17 heavy (non-hydrogen) atoms. The number of unbranched alkanes of at least 4 members (excludes halogenated alkanes) is 1. The van der Waals surface area contributed by atoms with Gasteiger partial charge in [0.1, 0.15) is 0 Å². The number of aliphatic hydroxyl groups excluding tert-OH is 1. The average Bonchev–Trinajstić information content (AvgIpc) is 2.25. The Morgan fingerprint density at radius 3 is 2.24 bits per heavy atom. The van der Waals surface area contributed by atoms with Gasteiger partial charge in [-0.2, -0.15) is 0 Å². The molecule has 0 aliphatic carbocycles. The van der Waals surface area contributed by atoms with Crippen molar-refractivity contribution in [3.05, 3.63) is 35.4 Å². The van der Waals surface area contributed by atoms with Crippen LogP contribution in [0, 0.1) is 0 Å². The van der Waals surface area contributed by atoms with E-state index >= 15 is 0 Å². The molecule has 1 aromatic carbocycles. The van der Waals surface area contributed by atoms with E-state index in [2.05, 4.69) is 45.0 Å². The molecule has 0 bridgehead atoms. The molecule has 0 saturated carbocycles. The van der Waals surface area contributed by atoms with Crippen LogP contribution in [0.1, 0.15) is 58.1 Å². The van der Waals surface area contributed by atoms with E-state index in [1.807, 2.05) is 6.92 Å². The molecule has 1 nitrogen and oxygen atoms in total. The molecule has 0 aliphatic rings. The molecule has 0 radical (unpaired) electrons. The van der Waals surface area contributed by atoms with Gasteiger partial charge >= 0.3 is 0 Å². The van der Waals surface area contributed by atoms with Gasteiger partial charge in [0.25, 0.3) is 0 Å². The Kier molecular flexibility index (Phi) is 5.20. The molecule has 0 aliphatic heterocycles. The molecule has 0 saturated heterocycles. The van der Waals surface area contributed by atoms with Gasteiger partial charge in [-0.15, -0.1) is 0 Å². The lowest BCUT2D eigenvalue weighted by atomic mass is 9.79. The summed E-state index contributed by atoms with van der Waals surface area (Å²) in [6.45, 7) is 8.47. The SMILES string of the molecule is CCCCc1ccc(C(C)(C)CC(C)O)cc1. The normalized spacial score (nSPS) is 13.7. The van der Waals surface area contributed by atoms with Crippen LogP contribution in [0.15, 0.2) is 24.3 Å². The Balaban J connectivity index is 2.72. The van der Waals surface area contributed by atoms with Gasteiger partial charge in [-0.05, 0) is 42.7 Å². The van der Waals surface area contributed by atoms with Gasteiger partial charge < -0.3 is 5.11 Å². The Morgan fingerprint density at radius 2 is 1.76 bits per heavy atom. The van der Waals surface area contributed by atoms with Gasteiger partial charge in [0.05, 0.1) is 6.10 Å². The minimum atomic E-state index is -0.246. The van der Waals surface area contributed by atoms with Gasteiger partial charge in [0.2, 0.25) is 0 Å². The summed E-state index contributed by atoms with van der Waals surface area (Å²) in [4.78, 5) is 0. The topological polar surface area (TPSA) is 20.2 Å². The molecule has 1 atom stereocenters. The van der Waals surface area contributed by atoms with Crippen molar-refractivity contribution in [3.8, 4) is 0 Å².